The van der Waals surface area contributed by atoms with Gasteiger partial charge in [0.05, 0.1) is 0 Å². The molecule has 1 atom stereocenters. The van der Waals surface area contributed by atoms with E-state index in [4.69, 9.17) is 10.8 Å². The molecule has 2 rings (SSSR count). The van der Waals surface area contributed by atoms with Crippen molar-refractivity contribution in [1.82, 2.24) is 4.31 Å². The fourth-order valence-electron chi connectivity index (χ4n) is 2.45. The first kappa shape index (κ1) is 14.9. The van der Waals surface area contributed by atoms with Gasteiger partial charge in [0, 0.05) is 30.6 Å². The molecule has 3 N–H and O–H groups in total. The number of aliphatic hydroxyl groups is 1. The summed E-state index contributed by atoms with van der Waals surface area (Å²) in [6, 6.07) is 3.32. The molecule has 0 radical (unpaired) electrons. The zero-order valence-corrected chi connectivity index (χ0v) is 12.4. The summed E-state index contributed by atoms with van der Waals surface area (Å²) in [5.41, 5.74) is 5.53. The molecular weight excluding hydrogens is 284 g/mol. The Labute approximate surface area is 118 Å². The van der Waals surface area contributed by atoms with E-state index in [1.165, 1.54) is 11.3 Å². The number of nitrogens with zero attached hydrogens (tertiary/aromatic N) is 1. The van der Waals surface area contributed by atoms with Crippen LogP contribution in [-0.4, -0.2) is 37.0 Å². The summed E-state index contributed by atoms with van der Waals surface area (Å²) < 4.78 is 27.1. The Morgan fingerprint density at radius 3 is 2.84 bits per heavy atom. The third-order valence-corrected chi connectivity index (χ3v) is 6.96. The van der Waals surface area contributed by atoms with Gasteiger partial charge in [-0.05, 0) is 31.4 Å². The van der Waals surface area contributed by atoms with Gasteiger partial charge in [0.15, 0.2) is 0 Å². The highest BCUT2D eigenvalue weighted by Gasteiger charge is 2.33. The minimum absolute atomic E-state index is 0.0230. The van der Waals surface area contributed by atoms with Gasteiger partial charge in [0.2, 0.25) is 0 Å². The smallest absolute Gasteiger partial charge is 0.252 e. The van der Waals surface area contributed by atoms with Crippen molar-refractivity contribution in [2.45, 2.75) is 42.5 Å². The van der Waals surface area contributed by atoms with E-state index < -0.39 is 10.0 Å². The lowest BCUT2D eigenvalue weighted by atomic mass is 10.0. The molecule has 0 amide bonds. The lowest BCUT2D eigenvalue weighted by Crippen LogP contribution is -2.43. The number of hydrogen-bond donors (Lipinski definition) is 2. The molecule has 1 unspecified atom stereocenters. The highest BCUT2D eigenvalue weighted by molar-refractivity contribution is 7.91. The molecule has 1 aliphatic rings. The van der Waals surface area contributed by atoms with Crippen molar-refractivity contribution in [3.8, 4) is 0 Å². The van der Waals surface area contributed by atoms with Crippen LogP contribution in [0.5, 0.6) is 0 Å². The van der Waals surface area contributed by atoms with E-state index >= 15 is 0 Å². The summed E-state index contributed by atoms with van der Waals surface area (Å²) in [5.74, 6) is 0. The van der Waals surface area contributed by atoms with E-state index in [-0.39, 0.29) is 12.6 Å². The largest absolute Gasteiger partial charge is 0.396 e. The number of piperidine rings is 1. The van der Waals surface area contributed by atoms with E-state index in [0.29, 0.717) is 23.7 Å². The van der Waals surface area contributed by atoms with Gasteiger partial charge in [-0.1, -0.05) is 6.42 Å². The molecule has 1 fully saturated rings. The van der Waals surface area contributed by atoms with Gasteiger partial charge in [-0.2, -0.15) is 4.31 Å². The van der Waals surface area contributed by atoms with Crippen LogP contribution in [0.2, 0.25) is 0 Å². The Kier molecular flexibility index (Phi) is 4.97. The first-order valence-corrected chi connectivity index (χ1v) is 8.76. The molecule has 5 nitrogen and oxygen atoms in total. The van der Waals surface area contributed by atoms with Crippen molar-refractivity contribution in [1.29, 1.82) is 0 Å². The van der Waals surface area contributed by atoms with Crippen LogP contribution in [0.4, 0.5) is 0 Å². The second-order valence-corrected chi connectivity index (χ2v) is 7.99. The lowest BCUT2D eigenvalue weighted by molar-refractivity contribution is 0.193. The monoisotopic (exact) mass is 304 g/mol. The van der Waals surface area contributed by atoms with Crippen LogP contribution in [0.15, 0.2) is 16.3 Å². The van der Waals surface area contributed by atoms with Crippen molar-refractivity contribution in [2.75, 3.05) is 13.2 Å². The lowest BCUT2D eigenvalue weighted by Gasteiger charge is -2.33. The van der Waals surface area contributed by atoms with Crippen LogP contribution in [0.1, 0.15) is 30.6 Å². The van der Waals surface area contributed by atoms with Gasteiger partial charge in [-0.3, -0.25) is 0 Å². The van der Waals surface area contributed by atoms with Crippen LogP contribution in [-0.2, 0) is 16.6 Å². The third kappa shape index (κ3) is 3.17. The quantitative estimate of drug-likeness (QED) is 0.854. The molecule has 19 heavy (non-hydrogen) atoms. The van der Waals surface area contributed by atoms with E-state index in [1.54, 1.807) is 16.4 Å². The van der Waals surface area contributed by atoms with Crippen LogP contribution in [0.25, 0.3) is 0 Å². The molecule has 0 aromatic carbocycles. The van der Waals surface area contributed by atoms with Crippen molar-refractivity contribution < 1.29 is 13.5 Å². The molecular formula is C12H20N2O3S2. The standard InChI is InChI=1S/C12H20N2O3S2/c13-9-11-4-5-12(18-11)19(16,17)14-7-2-1-3-10(14)6-8-15/h4-5,10,15H,1-3,6-9,13H2. The second-order valence-electron chi connectivity index (χ2n) is 4.70. The molecule has 7 heteroatoms. The SMILES string of the molecule is NCc1ccc(S(=O)(=O)N2CCCCC2CCO)s1. The van der Waals surface area contributed by atoms with Crippen LogP contribution < -0.4 is 5.73 Å². The molecule has 108 valence electrons. The summed E-state index contributed by atoms with van der Waals surface area (Å²) in [7, 11) is -3.44. The molecule has 0 aliphatic carbocycles. The first-order chi connectivity index (χ1) is 9.09. The average molecular weight is 304 g/mol. The summed E-state index contributed by atoms with van der Waals surface area (Å²) >= 11 is 1.24. The minimum Gasteiger partial charge on any atom is -0.396 e. The van der Waals surface area contributed by atoms with E-state index in [0.717, 1.165) is 24.1 Å². The van der Waals surface area contributed by atoms with Gasteiger partial charge in [-0.25, -0.2) is 8.42 Å². The second kappa shape index (κ2) is 6.32. The fourth-order valence-corrected chi connectivity index (χ4v) is 5.54. The van der Waals surface area contributed by atoms with Gasteiger partial charge in [0.1, 0.15) is 4.21 Å². The van der Waals surface area contributed by atoms with Crippen molar-refractivity contribution >= 4 is 21.4 Å². The summed E-state index contributed by atoms with van der Waals surface area (Å²) in [5, 5.41) is 9.08. The summed E-state index contributed by atoms with van der Waals surface area (Å²) in [6.45, 7) is 0.929. The molecule has 1 saturated heterocycles. The Bertz CT molecular complexity index is 511. The molecule has 0 saturated carbocycles. The number of nitrogens with two attached hydrogens (primary N) is 1. The Balaban J connectivity index is 2.25. The summed E-state index contributed by atoms with van der Waals surface area (Å²) in [6.07, 6.45) is 3.24. The molecule has 0 spiro atoms. The summed E-state index contributed by atoms with van der Waals surface area (Å²) in [4.78, 5) is 0.870. The number of hydrogen-bond acceptors (Lipinski definition) is 5. The fraction of sp³-hybridized carbons (Fsp3) is 0.667. The Morgan fingerprint density at radius 1 is 1.42 bits per heavy atom. The Hall–Kier alpha value is -0.470. The van der Waals surface area contributed by atoms with E-state index in [1.807, 2.05) is 0 Å². The van der Waals surface area contributed by atoms with Gasteiger partial charge >= 0.3 is 0 Å². The maximum absolute atomic E-state index is 12.6. The average Bonchev–Trinajstić information content (AvgIpc) is 2.89. The molecule has 0 bridgehead atoms. The molecule has 1 aromatic heterocycles. The predicted molar refractivity (Wildman–Crippen MR) is 75.4 cm³/mol. The van der Waals surface area contributed by atoms with Crippen LogP contribution >= 0.6 is 11.3 Å². The first-order valence-electron chi connectivity index (χ1n) is 6.51. The topological polar surface area (TPSA) is 83.6 Å². The minimum atomic E-state index is -3.44. The number of sulfonamides is 1. The van der Waals surface area contributed by atoms with Crippen molar-refractivity contribution in [3.05, 3.63) is 17.0 Å². The van der Waals surface area contributed by atoms with Gasteiger partial charge < -0.3 is 10.8 Å². The zero-order chi connectivity index (χ0) is 13.9. The maximum Gasteiger partial charge on any atom is 0.252 e. The van der Waals surface area contributed by atoms with Crippen LogP contribution in [0, 0.1) is 0 Å². The van der Waals surface area contributed by atoms with Gasteiger partial charge in [0.25, 0.3) is 10.0 Å². The highest BCUT2D eigenvalue weighted by Crippen LogP contribution is 2.30. The molecule has 2 heterocycles. The molecule has 1 aromatic rings. The third-order valence-electron chi connectivity index (χ3n) is 3.44. The number of thiophene rings is 1. The van der Waals surface area contributed by atoms with Crippen molar-refractivity contribution in [2.24, 2.45) is 5.73 Å². The van der Waals surface area contributed by atoms with Crippen LogP contribution in [0.3, 0.4) is 0 Å². The highest BCUT2D eigenvalue weighted by atomic mass is 32.2. The Morgan fingerprint density at radius 2 is 2.21 bits per heavy atom. The number of aliphatic hydroxyl groups excluding tert-OH is 1. The van der Waals surface area contributed by atoms with Gasteiger partial charge in [-0.15, -0.1) is 11.3 Å². The van der Waals surface area contributed by atoms with E-state index in [9.17, 15) is 8.42 Å². The molecule has 1 aliphatic heterocycles. The maximum atomic E-state index is 12.6. The predicted octanol–water partition coefficient (Wildman–Crippen LogP) is 1.13. The van der Waals surface area contributed by atoms with Crippen molar-refractivity contribution in [3.63, 3.8) is 0 Å². The normalized spacial score (nSPS) is 21.7. The number of rotatable bonds is 5. The zero-order valence-electron chi connectivity index (χ0n) is 10.8. The van der Waals surface area contributed by atoms with E-state index in [2.05, 4.69) is 0 Å².